The molecule has 1 amide bonds. The molecule has 0 spiro atoms. The van der Waals surface area contributed by atoms with Crippen LogP contribution < -0.4 is 5.32 Å². The first kappa shape index (κ1) is 20.2. The monoisotopic (exact) mass is 406 g/mol. The molecule has 150 valence electrons. The molecule has 1 atom stereocenters. The second-order valence-electron chi connectivity index (χ2n) is 6.87. The summed E-state index contributed by atoms with van der Waals surface area (Å²) >= 11 is 0. The van der Waals surface area contributed by atoms with Crippen LogP contribution in [-0.2, 0) is 0 Å². The minimum absolute atomic E-state index is 0. The quantitative estimate of drug-likeness (QED) is 0.607. The molecule has 1 aromatic heterocycles. The number of hydrogen-bond donors (Lipinski definition) is 1. The third-order valence-electron chi connectivity index (χ3n) is 5.25. The first-order valence-electron chi connectivity index (χ1n) is 9.17. The number of para-hydroxylation sites is 2. The van der Waals surface area contributed by atoms with E-state index in [1.54, 1.807) is 30.5 Å². The first-order chi connectivity index (χ1) is 13.1. The smallest absolute Gasteiger partial charge is 0.294 e. The molecule has 1 unspecified atom stereocenters. The van der Waals surface area contributed by atoms with E-state index in [-0.39, 0.29) is 24.0 Å². The Morgan fingerprint density at radius 3 is 2.68 bits per heavy atom. The number of carbonyl (C=O) groups is 1. The number of nitrogens with zero attached hydrogens (tertiary/aromatic N) is 5. The number of nitro groups is 1. The van der Waals surface area contributed by atoms with Gasteiger partial charge in [-0.1, -0.05) is 12.1 Å². The lowest BCUT2D eigenvalue weighted by Gasteiger charge is -2.32. The zero-order valence-electron chi connectivity index (χ0n) is 15.4. The number of carbonyl (C=O) groups excluding carboxylic acids is 1. The van der Waals surface area contributed by atoms with E-state index in [1.807, 2.05) is 4.90 Å². The molecule has 4 rings (SSSR count). The van der Waals surface area contributed by atoms with Crippen molar-refractivity contribution in [3.63, 3.8) is 0 Å². The number of piperazine rings is 1. The summed E-state index contributed by atoms with van der Waals surface area (Å²) < 4.78 is 1.40. The van der Waals surface area contributed by atoms with Gasteiger partial charge < -0.3 is 10.2 Å². The SMILES string of the molecule is Cl.O=C(c1ccn(-c2ccccc2[N+](=O)[O-])n1)N1CCC(N2CCNCC2)C1. The number of benzene rings is 1. The van der Waals surface area contributed by atoms with Gasteiger partial charge >= 0.3 is 0 Å². The molecule has 2 aliphatic heterocycles. The molecule has 2 saturated heterocycles. The molecule has 2 aliphatic rings. The molecular formula is C18H23ClN6O3. The molecule has 1 aromatic carbocycles. The van der Waals surface area contributed by atoms with Crippen molar-refractivity contribution >= 4 is 24.0 Å². The number of nitro benzene ring substituents is 1. The molecule has 28 heavy (non-hydrogen) atoms. The number of halogens is 1. The van der Waals surface area contributed by atoms with Crippen molar-refractivity contribution in [2.45, 2.75) is 12.5 Å². The van der Waals surface area contributed by atoms with Gasteiger partial charge in [0, 0.05) is 57.6 Å². The van der Waals surface area contributed by atoms with Crippen molar-refractivity contribution in [2.24, 2.45) is 0 Å². The van der Waals surface area contributed by atoms with E-state index in [4.69, 9.17) is 0 Å². The highest BCUT2D eigenvalue weighted by Gasteiger charge is 2.32. The Balaban J connectivity index is 0.00000225. The summed E-state index contributed by atoms with van der Waals surface area (Å²) in [5.41, 5.74) is 0.621. The van der Waals surface area contributed by atoms with E-state index in [2.05, 4.69) is 15.3 Å². The standard InChI is InChI=1S/C18H22N6O3.ClH/c25-18(22-9-5-14(13-22)21-11-7-19-8-12-21)15-6-10-23(20-15)16-3-1-2-4-17(16)24(26)27;/h1-4,6,10,14,19H,5,7-9,11-13H2;1H. The fourth-order valence-corrected chi connectivity index (χ4v) is 3.82. The predicted octanol–water partition coefficient (Wildman–Crippen LogP) is 1.32. The van der Waals surface area contributed by atoms with E-state index in [9.17, 15) is 14.9 Å². The number of nitrogens with one attached hydrogen (secondary N) is 1. The second-order valence-corrected chi connectivity index (χ2v) is 6.87. The van der Waals surface area contributed by atoms with Crippen LogP contribution in [0.5, 0.6) is 0 Å². The number of amides is 1. The summed E-state index contributed by atoms with van der Waals surface area (Å²) in [5, 5.41) is 18.9. The van der Waals surface area contributed by atoms with Crippen molar-refractivity contribution in [2.75, 3.05) is 39.3 Å². The van der Waals surface area contributed by atoms with Crippen LogP contribution in [0.3, 0.4) is 0 Å². The topological polar surface area (TPSA) is 96.5 Å². The minimum atomic E-state index is -0.447. The lowest BCUT2D eigenvalue weighted by Crippen LogP contribution is -2.49. The maximum Gasteiger partial charge on any atom is 0.294 e. The summed E-state index contributed by atoms with van der Waals surface area (Å²) in [7, 11) is 0. The minimum Gasteiger partial charge on any atom is -0.336 e. The zero-order valence-corrected chi connectivity index (χ0v) is 16.2. The third-order valence-corrected chi connectivity index (χ3v) is 5.25. The van der Waals surface area contributed by atoms with Crippen molar-refractivity contribution in [1.29, 1.82) is 0 Å². The highest BCUT2D eigenvalue weighted by Crippen LogP contribution is 2.23. The molecule has 0 aliphatic carbocycles. The second kappa shape index (κ2) is 8.68. The summed E-state index contributed by atoms with van der Waals surface area (Å²) in [5.74, 6) is -0.120. The van der Waals surface area contributed by atoms with Gasteiger partial charge in [0.05, 0.1) is 4.92 Å². The van der Waals surface area contributed by atoms with Gasteiger partial charge in [0.1, 0.15) is 5.69 Å². The van der Waals surface area contributed by atoms with Crippen molar-refractivity contribution in [3.8, 4) is 5.69 Å². The predicted molar refractivity (Wildman–Crippen MR) is 106 cm³/mol. The Hall–Kier alpha value is -2.49. The molecule has 2 aromatic rings. The maximum absolute atomic E-state index is 12.8. The maximum atomic E-state index is 12.8. The van der Waals surface area contributed by atoms with Gasteiger partial charge in [-0.2, -0.15) is 5.10 Å². The van der Waals surface area contributed by atoms with Gasteiger partial charge in [0.15, 0.2) is 5.69 Å². The Morgan fingerprint density at radius 2 is 1.93 bits per heavy atom. The van der Waals surface area contributed by atoms with E-state index >= 15 is 0 Å². The molecule has 10 heteroatoms. The number of rotatable bonds is 4. The van der Waals surface area contributed by atoms with E-state index < -0.39 is 4.92 Å². The Morgan fingerprint density at radius 1 is 1.18 bits per heavy atom. The average molecular weight is 407 g/mol. The van der Waals surface area contributed by atoms with Crippen LogP contribution in [0.1, 0.15) is 16.9 Å². The third kappa shape index (κ3) is 4.01. The van der Waals surface area contributed by atoms with Crippen LogP contribution in [0.15, 0.2) is 36.5 Å². The van der Waals surface area contributed by atoms with Gasteiger partial charge in [0.2, 0.25) is 0 Å². The normalized spacial score (nSPS) is 20.0. The van der Waals surface area contributed by atoms with Crippen LogP contribution >= 0.6 is 12.4 Å². The van der Waals surface area contributed by atoms with Crippen molar-refractivity contribution in [3.05, 3.63) is 52.3 Å². The van der Waals surface area contributed by atoms with E-state index in [0.717, 1.165) is 32.6 Å². The fourth-order valence-electron chi connectivity index (χ4n) is 3.82. The van der Waals surface area contributed by atoms with Crippen LogP contribution in [-0.4, -0.2) is 75.7 Å². The average Bonchev–Trinajstić information content (AvgIpc) is 3.38. The number of hydrogen-bond acceptors (Lipinski definition) is 6. The molecule has 0 saturated carbocycles. The fraction of sp³-hybridized carbons (Fsp3) is 0.444. The molecule has 0 radical (unpaired) electrons. The van der Waals surface area contributed by atoms with Gasteiger partial charge in [-0.05, 0) is 18.6 Å². The first-order valence-corrected chi connectivity index (χ1v) is 9.17. The van der Waals surface area contributed by atoms with Gasteiger partial charge in [-0.3, -0.25) is 19.8 Å². The molecule has 1 N–H and O–H groups in total. The highest BCUT2D eigenvalue weighted by molar-refractivity contribution is 5.92. The van der Waals surface area contributed by atoms with Crippen molar-refractivity contribution < 1.29 is 9.72 Å². The molecule has 2 fully saturated rings. The van der Waals surface area contributed by atoms with Gasteiger partial charge in [-0.25, -0.2) is 4.68 Å². The summed E-state index contributed by atoms with van der Waals surface area (Å²) in [6.07, 6.45) is 2.57. The molecule has 0 bridgehead atoms. The Kier molecular flexibility index (Phi) is 6.28. The van der Waals surface area contributed by atoms with E-state index in [0.29, 0.717) is 30.5 Å². The zero-order chi connectivity index (χ0) is 18.8. The number of likely N-dealkylation sites (tertiary alicyclic amines) is 1. The summed E-state index contributed by atoms with van der Waals surface area (Å²) in [6, 6.07) is 8.39. The highest BCUT2D eigenvalue weighted by atomic mass is 35.5. The van der Waals surface area contributed by atoms with Crippen LogP contribution in [0.4, 0.5) is 5.69 Å². The van der Waals surface area contributed by atoms with E-state index in [1.165, 1.54) is 10.7 Å². The van der Waals surface area contributed by atoms with Gasteiger partial charge in [0.25, 0.3) is 11.6 Å². The largest absolute Gasteiger partial charge is 0.336 e. The summed E-state index contributed by atoms with van der Waals surface area (Å²) in [4.78, 5) is 27.9. The van der Waals surface area contributed by atoms with Crippen molar-refractivity contribution in [1.82, 2.24) is 24.9 Å². The Bertz CT molecular complexity index is 851. The molecule has 3 heterocycles. The number of aromatic nitrogens is 2. The lowest BCUT2D eigenvalue weighted by molar-refractivity contribution is -0.384. The van der Waals surface area contributed by atoms with Crippen LogP contribution in [0.25, 0.3) is 5.69 Å². The summed E-state index contributed by atoms with van der Waals surface area (Å²) in [6.45, 7) is 5.43. The molecular weight excluding hydrogens is 384 g/mol. The lowest BCUT2D eigenvalue weighted by atomic mass is 10.2. The Labute approximate surface area is 168 Å². The van der Waals surface area contributed by atoms with Gasteiger partial charge in [-0.15, -0.1) is 12.4 Å². The molecule has 9 nitrogen and oxygen atoms in total. The van der Waals surface area contributed by atoms with Crippen LogP contribution in [0, 0.1) is 10.1 Å². The van der Waals surface area contributed by atoms with Crippen LogP contribution in [0.2, 0.25) is 0 Å².